The maximum absolute atomic E-state index is 13.0. The Labute approximate surface area is 164 Å². The molecule has 2 N–H and O–H groups in total. The van der Waals surface area contributed by atoms with Crippen LogP contribution in [-0.2, 0) is 11.8 Å². The Morgan fingerprint density at radius 3 is 2.85 bits per heavy atom. The van der Waals surface area contributed by atoms with Gasteiger partial charge < -0.3 is 20.1 Å². The summed E-state index contributed by atoms with van der Waals surface area (Å²) < 4.78 is 2.54. The third-order valence-electron chi connectivity index (χ3n) is 5.15. The van der Waals surface area contributed by atoms with Crippen molar-refractivity contribution in [1.29, 1.82) is 0 Å². The zero-order chi connectivity index (χ0) is 19.1. The van der Waals surface area contributed by atoms with Gasteiger partial charge in [-0.2, -0.15) is 0 Å². The summed E-state index contributed by atoms with van der Waals surface area (Å²) in [6.45, 7) is 0.418. The van der Waals surface area contributed by atoms with Crippen LogP contribution in [-0.4, -0.2) is 45.8 Å². The van der Waals surface area contributed by atoms with Crippen molar-refractivity contribution in [1.82, 2.24) is 14.8 Å². The predicted molar refractivity (Wildman–Crippen MR) is 103 cm³/mol. The van der Waals surface area contributed by atoms with Gasteiger partial charge in [-0.25, -0.2) is 0 Å². The summed E-state index contributed by atoms with van der Waals surface area (Å²) in [6, 6.07) is 8.03. The van der Waals surface area contributed by atoms with Crippen LogP contribution in [0, 0.1) is 0 Å². The van der Waals surface area contributed by atoms with Crippen LogP contribution in [0.25, 0.3) is 0 Å². The van der Waals surface area contributed by atoms with Crippen LogP contribution in [0.2, 0.25) is 0 Å². The fraction of sp³-hybridized carbons (Fsp3) is 0.316. The van der Waals surface area contributed by atoms with E-state index in [1.165, 1.54) is 0 Å². The quantitative estimate of drug-likeness (QED) is 0.765. The summed E-state index contributed by atoms with van der Waals surface area (Å²) in [7, 11) is 1.81. The van der Waals surface area contributed by atoms with Gasteiger partial charge in [0.05, 0.1) is 11.3 Å². The third kappa shape index (κ3) is 3.25. The van der Waals surface area contributed by atoms with Gasteiger partial charge in [0, 0.05) is 30.3 Å². The number of nitrogens with zero attached hydrogens (tertiary/aromatic N) is 2. The molecule has 1 aromatic heterocycles. The lowest BCUT2D eigenvalue weighted by atomic mass is 9.96. The number of carbonyl (C=O) groups is 3. The Morgan fingerprint density at radius 2 is 2.11 bits per heavy atom. The Balaban J connectivity index is 1.53. The second kappa shape index (κ2) is 6.84. The van der Waals surface area contributed by atoms with Crippen LogP contribution in [0.1, 0.15) is 33.7 Å². The van der Waals surface area contributed by atoms with Crippen LogP contribution in [0.5, 0.6) is 0 Å². The highest BCUT2D eigenvalue weighted by molar-refractivity contribution is 9.10. The molecule has 1 aromatic carbocycles. The van der Waals surface area contributed by atoms with Crippen molar-refractivity contribution in [2.45, 2.75) is 24.9 Å². The van der Waals surface area contributed by atoms with Crippen molar-refractivity contribution in [3.8, 4) is 0 Å². The minimum Gasteiger partial charge on any atom is -0.348 e. The molecule has 3 heterocycles. The summed E-state index contributed by atoms with van der Waals surface area (Å²) in [5.41, 5.74) is 1.56. The average Bonchev–Trinajstić information content (AvgIpc) is 3.04. The number of benzene rings is 1. The van der Waals surface area contributed by atoms with Crippen molar-refractivity contribution >= 4 is 39.3 Å². The lowest BCUT2D eigenvalue weighted by molar-refractivity contribution is -0.121. The molecule has 4 rings (SSSR count). The number of halogens is 1. The van der Waals surface area contributed by atoms with Crippen LogP contribution in [0.3, 0.4) is 0 Å². The molecule has 0 radical (unpaired) electrons. The molecule has 1 fully saturated rings. The van der Waals surface area contributed by atoms with Gasteiger partial charge in [-0.05, 0) is 43.2 Å². The van der Waals surface area contributed by atoms with Gasteiger partial charge in [0.2, 0.25) is 5.91 Å². The summed E-state index contributed by atoms with van der Waals surface area (Å²) in [4.78, 5) is 39.7. The molecule has 2 unspecified atom stereocenters. The number of piperidine rings is 1. The zero-order valence-electron chi connectivity index (χ0n) is 14.7. The van der Waals surface area contributed by atoms with E-state index in [1.807, 2.05) is 19.3 Å². The molecule has 0 bridgehead atoms. The van der Waals surface area contributed by atoms with Gasteiger partial charge >= 0.3 is 0 Å². The molecular formula is C19H19BrN4O3. The minimum absolute atomic E-state index is 0.165. The molecule has 0 spiro atoms. The number of hydrogen-bond donors (Lipinski definition) is 2. The van der Waals surface area contributed by atoms with E-state index < -0.39 is 6.04 Å². The highest BCUT2D eigenvalue weighted by Crippen LogP contribution is 2.30. The van der Waals surface area contributed by atoms with Gasteiger partial charge in [0.15, 0.2) is 0 Å². The van der Waals surface area contributed by atoms with Gasteiger partial charge in [-0.3, -0.25) is 14.4 Å². The summed E-state index contributed by atoms with van der Waals surface area (Å²) >= 11 is 3.37. The highest BCUT2D eigenvalue weighted by Gasteiger charge is 2.40. The molecule has 2 aliphatic heterocycles. The van der Waals surface area contributed by atoms with E-state index in [-0.39, 0.29) is 23.8 Å². The first-order chi connectivity index (χ1) is 12.9. The maximum Gasteiger partial charge on any atom is 0.268 e. The van der Waals surface area contributed by atoms with Crippen LogP contribution < -0.4 is 10.6 Å². The summed E-state index contributed by atoms with van der Waals surface area (Å²) in [6.07, 6.45) is 2.81. The van der Waals surface area contributed by atoms with Crippen molar-refractivity contribution in [2.75, 3.05) is 11.9 Å². The second-order valence-corrected chi connectivity index (χ2v) is 7.81. The Bertz CT molecular complexity index is 939. The van der Waals surface area contributed by atoms with Gasteiger partial charge in [0.25, 0.3) is 11.8 Å². The van der Waals surface area contributed by atoms with E-state index in [0.717, 1.165) is 4.47 Å². The monoisotopic (exact) mass is 430 g/mol. The predicted octanol–water partition coefficient (Wildman–Crippen LogP) is 2.14. The Hall–Kier alpha value is -2.61. The van der Waals surface area contributed by atoms with E-state index in [2.05, 4.69) is 26.6 Å². The van der Waals surface area contributed by atoms with E-state index in [4.69, 9.17) is 0 Å². The zero-order valence-corrected chi connectivity index (χ0v) is 16.3. The topological polar surface area (TPSA) is 83.4 Å². The van der Waals surface area contributed by atoms with Crippen molar-refractivity contribution in [2.24, 2.45) is 7.05 Å². The first kappa shape index (κ1) is 17.8. The van der Waals surface area contributed by atoms with Gasteiger partial charge in [-0.1, -0.05) is 15.9 Å². The SMILES string of the molecule is Cn1cccc1C(=O)NC1CCN2C(=O)c3cc(Br)ccc3NC(=O)C2C1. The molecular weight excluding hydrogens is 412 g/mol. The average molecular weight is 431 g/mol. The molecule has 2 atom stereocenters. The number of aromatic nitrogens is 1. The van der Waals surface area contributed by atoms with Gasteiger partial charge in [-0.15, -0.1) is 0 Å². The van der Waals surface area contributed by atoms with E-state index in [1.54, 1.807) is 33.7 Å². The first-order valence-electron chi connectivity index (χ1n) is 8.77. The Morgan fingerprint density at radius 1 is 1.30 bits per heavy atom. The largest absolute Gasteiger partial charge is 0.348 e. The van der Waals surface area contributed by atoms with Crippen molar-refractivity contribution in [3.05, 3.63) is 52.3 Å². The number of hydrogen-bond acceptors (Lipinski definition) is 3. The van der Waals surface area contributed by atoms with Crippen molar-refractivity contribution in [3.63, 3.8) is 0 Å². The fourth-order valence-corrected chi connectivity index (χ4v) is 4.08. The molecule has 1 saturated heterocycles. The number of amides is 3. The number of aryl methyl sites for hydroxylation is 1. The van der Waals surface area contributed by atoms with E-state index >= 15 is 0 Å². The van der Waals surface area contributed by atoms with Crippen LogP contribution >= 0.6 is 15.9 Å². The Kier molecular flexibility index (Phi) is 4.51. The summed E-state index contributed by atoms with van der Waals surface area (Å²) in [5, 5.41) is 5.85. The number of nitrogens with one attached hydrogen (secondary N) is 2. The fourth-order valence-electron chi connectivity index (χ4n) is 3.72. The lowest BCUT2D eigenvalue weighted by Gasteiger charge is -2.37. The smallest absolute Gasteiger partial charge is 0.268 e. The number of rotatable bonds is 2. The van der Waals surface area contributed by atoms with Crippen LogP contribution in [0.15, 0.2) is 41.0 Å². The number of fused-ring (bicyclic) bond motifs is 2. The minimum atomic E-state index is -0.601. The van der Waals surface area contributed by atoms with Gasteiger partial charge in [0.1, 0.15) is 11.7 Å². The third-order valence-corrected chi connectivity index (χ3v) is 5.64. The molecule has 8 heteroatoms. The molecule has 0 aliphatic carbocycles. The maximum atomic E-state index is 13.0. The molecule has 140 valence electrons. The molecule has 27 heavy (non-hydrogen) atoms. The van der Waals surface area contributed by atoms with E-state index in [9.17, 15) is 14.4 Å². The van der Waals surface area contributed by atoms with Crippen molar-refractivity contribution < 1.29 is 14.4 Å². The highest BCUT2D eigenvalue weighted by atomic mass is 79.9. The molecule has 7 nitrogen and oxygen atoms in total. The summed E-state index contributed by atoms with van der Waals surface area (Å²) in [5.74, 6) is -0.558. The molecule has 2 aromatic rings. The number of carbonyl (C=O) groups excluding carboxylic acids is 3. The first-order valence-corrected chi connectivity index (χ1v) is 9.57. The second-order valence-electron chi connectivity index (χ2n) is 6.89. The molecule has 3 amide bonds. The standard InChI is InChI=1S/C19H19BrN4O3/c1-23-7-2-3-15(23)17(25)21-12-6-8-24-16(10-12)18(26)22-14-5-4-11(20)9-13(14)19(24)27/h2-5,7,9,12,16H,6,8,10H2,1H3,(H,21,25)(H,22,26). The normalized spacial score (nSPS) is 21.8. The number of anilines is 1. The lowest BCUT2D eigenvalue weighted by Crippen LogP contribution is -2.55. The molecule has 2 aliphatic rings. The molecule has 0 saturated carbocycles. The van der Waals surface area contributed by atoms with E-state index in [0.29, 0.717) is 36.3 Å². The van der Waals surface area contributed by atoms with Crippen LogP contribution in [0.4, 0.5) is 5.69 Å².